The molecule has 1 atom stereocenters. The first-order valence-electron chi connectivity index (χ1n) is 8.90. The van der Waals surface area contributed by atoms with Gasteiger partial charge in [-0.25, -0.2) is 9.59 Å². The zero-order valence-electron chi connectivity index (χ0n) is 15.4. The molecule has 1 fully saturated rings. The molecule has 0 aliphatic carbocycles. The summed E-state index contributed by atoms with van der Waals surface area (Å²) in [7, 11) is 0. The van der Waals surface area contributed by atoms with Crippen molar-refractivity contribution >= 4 is 23.5 Å². The molecule has 3 amide bonds. The molecule has 11 heteroatoms. The minimum Gasteiger partial charge on any atom is -0.454 e. The van der Waals surface area contributed by atoms with Gasteiger partial charge in [-0.3, -0.25) is 4.90 Å². The van der Waals surface area contributed by atoms with Gasteiger partial charge >= 0.3 is 18.3 Å². The van der Waals surface area contributed by atoms with Crippen molar-refractivity contribution in [1.29, 1.82) is 0 Å². The number of nitrogens with one attached hydrogen (secondary N) is 2. The number of hydrogen-bond donors (Lipinski definition) is 2. The van der Waals surface area contributed by atoms with Crippen LogP contribution in [0.25, 0.3) is 0 Å². The van der Waals surface area contributed by atoms with Gasteiger partial charge in [0.1, 0.15) is 6.10 Å². The van der Waals surface area contributed by atoms with Crippen molar-refractivity contribution in [3.05, 3.63) is 48.0 Å². The van der Waals surface area contributed by atoms with Crippen LogP contribution in [0.5, 0.6) is 11.5 Å². The Morgan fingerprint density at radius 1 is 1.13 bits per heavy atom. The van der Waals surface area contributed by atoms with E-state index in [9.17, 15) is 22.8 Å². The molecule has 0 aromatic heterocycles. The number of para-hydroxylation sites is 1. The Hall–Kier alpha value is -3.63. The maximum atomic E-state index is 13.0. The van der Waals surface area contributed by atoms with Crippen LogP contribution >= 0.6 is 0 Å². The van der Waals surface area contributed by atoms with Gasteiger partial charge in [-0.2, -0.15) is 13.2 Å². The molecule has 2 aliphatic heterocycles. The summed E-state index contributed by atoms with van der Waals surface area (Å²) in [6, 6.07) is 8.77. The Kier molecular flexibility index (Phi) is 5.02. The molecule has 0 radical (unpaired) electrons. The maximum absolute atomic E-state index is 13.0. The van der Waals surface area contributed by atoms with E-state index in [1.54, 1.807) is 18.2 Å². The first-order valence-corrected chi connectivity index (χ1v) is 8.90. The molecule has 2 N–H and O–H groups in total. The molecule has 8 nitrogen and oxygen atoms in total. The number of carbonyl (C=O) groups excluding carboxylic acids is 2. The lowest BCUT2D eigenvalue weighted by molar-refractivity contribution is -0.136. The van der Waals surface area contributed by atoms with E-state index in [-0.39, 0.29) is 25.6 Å². The molecule has 158 valence electrons. The number of hydrogen-bond acceptors (Lipinski definition) is 5. The first kappa shape index (κ1) is 19.7. The van der Waals surface area contributed by atoms with Crippen LogP contribution in [0.1, 0.15) is 5.56 Å². The third kappa shape index (κ3) is 4.04. The van der Waals surface area contributed by atoms with Gasteiger partial charge in [-0.05, 0) is 24.3 Å². The molecule has 0 bridgehead atoms. The van der Waals surface area contributed by atoms with E-state index in [1.807, 2.05) is 0 Å². The third-order valence-corrected chi connectivity index (χ3v) is 4.51. The lowest BCUT2D eigenvalue weighted by Gasteiger charge is -2.15. The molecule has 0 spiro atoms. The fraction of sp³-hybridized carbons (Fsp3) is 0.263. The predicted octanol–water partition coefficient (Wildman–Crippen LogP) is 3.58. The minimum absolute atomic E-state index is 0.0766. The van der Waals surface area contributed by atoms with E-state index in [0.29, 0.717) is 17.2 Å². The zero-order valence-corrected chi connectivity index (χ0v) is 15.4. The highest BCUT2D eigenvalue weighted by Crippen LogP contribution is 2.37. The van der Waals surface area contributed by atoms with Crippen LogP contribution in [0, 0.1) is 0 Å². The summed E-state index contributed by atoms with van der Waals surface area (Å²) in [5, 5.41) is 4.59. The smallest absolute Gasteiger partial charge is 0.418 e. The zero-order chi connectivity index (χ0) is 21.3. The summed E-state index contributed by atoms with van der Waals surface area (Å²) < 4.78 is 54.8. The number of rotatable bonds is 4. The molecule has 2 aromatic carbocycles. The average molecular weight is 423 g/mol. The summed E-state index contributed by atoms with van der Waals surface area (Å²) in [4.78, 5) is 25.6. The Morgan fingerprint density at radius 3 is 2.70 bits per heavy atom. The standard InChI is InChI=1S/C19H16F3N3O5/c20-19(21,22)13-3-1-2-4-14(13)24-17(26)23-8-12-9-25(18(27)30-12)11-5-6-15-16(7-11)29-10-28-15/h1-7,12H,8-10H2,(H2,23,24,26)/t12-/m0/s1. The number of anilines is 2. The molecule has 0 unspecified atom stereocenters. The summed E-state index contributed by atoms with van der Waals surface area (Å²) in [6.07, 6.45) is -5.88. The van der Waals surface area contributed by atoms with Crippen LogP contribution in [0.4, 0.5) is 34.1 Å². The Labute approximate surface area is 168 Å². The molecule has 30 heavy (non-hydrogen) atoms. The van der Waals surface area contributed by atoms with E-state index in [4.69, 9.17) is 14.2 Å². The lowest BCUT2D eigenvalue weighted by Crippen LogP contribution is -2.37. The van der Waals surface area contributed by atoms with E-state index in [0.717, 1.165) is 12.1 Å². The number of amides is 3. The second kappa shape index (κ2) is 7.65. The minimum atomic E-state index is -4.60. The van der Waals surface area contributed by atoms with Gasteiger partial charge < -0.3 is 24.8 Å². The van der Waals surface area contributed by atoms with Crippen molar-refractivity contribution in [2.75, 3.05) is 30.1 Å². The van der Waals surface area contributed by atoms with Crippen molar-refractivity contribution in [1.82, 2.24) is 5.32 Å². The Balaban J connectivity index is 1.34. The molecular weight excluding hydrogens is 407 g/mol. The number of nitrogens with zero attached hydrogens (tertiary/aromatic N) is 1. The van der Waals surface area contributed by atoms with Gasteiger partial charge in [0.25, 0.3) is 0 Å². The topological polar surface area (TPSA) is 89.1 Å². The average Bonchev–Trinajstić information content (AvgIpc) is 3.31. The number of ether oxygens (including phenoxy) is 3. The first-order chi connectivity index (χ1) is 14.3. The molecule has 2 heterocycles. The van der Waals surface area contributed by atoms with Gasteiger partial charge in [0, 0.05) is 6.07 Å². The van der Waals surface area contributed by atoms with Gasteiger partial charge in [-0.15, -0.1) is 0 Å². The van der Waals surface area contributed by atoms with Crippen LogP contribution in [0.2, 0.25) is 0 Å². The Morgan fingerprint density at radius 2 is 1.90 bits per heavy atom. The predicted molar refractivity (Wildman–Crippen MR) is 98.6 cm³/mol. The molecule has 1 saturated heterocycles. The van der Waals surface area contributed by atoms with Gasteiger partial charge in [0.05, 0.1) is 30.0 Å². The van der Waals surface area contributed by atoms with E-state index >= 15 is 0 Å². The number of alkyl halides is 3. The van der Waals surface area contributed by atoms with Crippen molar-refractivity contribution in [3.8, 4) is 11.5 Å². The highest BCUT2D eigenvalue weighted by molar-refractivity contribution is 5.91. The molecule has 4 rings (SSSR count). The number of fused-ring (bicyclic) bond motifs is 1. The van der Waals surface area contributed by atoms with Gasteiger partial charge in [-0.1, -0.05) is 12.1 Å². The third-order valence-electron chi connectivity index (χ3n) is 4.51. The van der Waals surface area contributed by atoms with Crippen LogP contribution in [0.15, 0.2) is 42.5 Å². The summed E-state index contributed by atoms with van der Waals surface area (Å²) in [5.41, 5.74) is -0.787. The number of carbonyl (C=O) groups is 2. The number of cyclic esters (lactones) is 1. The van der Waals surface area contributed by atoms with Gasteiger partial charge in [0.2, 0.25) is 6.79 Å². The largest absolute Gasteiger partial charge is 0.454 e. The molecule has 0 saturated carbocycles. The van der Waals surface area contributed by atoms with Crippen molar-refractivity contribution < 1.29 is 37.0 Å². The summed E-state index contributed by atoms with van der Waals surface area (Å²) >= 11 is 0. The van der Waals surface area contributed by atoms with Crippen molar-refractivity contribution in [3.63, 3.8) is 0 Å². The highest BCUT2D eigenvalue weighted by atomic mass is 19.4. The van der Waals surface area contributed by atoms with Crippen LogP contribution in [-0.2, 0) is 10.9 Å². The normalized spacial score (nSPS) is 17.6. The fourth-order valence-electron chi connectivity index (χ4n) is 3.10. The van der Waals surface area contributed by atoms with E-state index < -0.39 is 30.0 Å². The van der Waals surface area contributed by atoms with E-state index in [1.165, 1.54) is 17.0 Å². The second-order valence-corrected chi connectivity index (χ2v) is 6.53. The fourth-order valence-corrected chi connectivity index (χ4v) is 3.10. The van der Waals surface area contributed by atoms with Crippen molar-refractivity contribution in [2.45, 2.75) is 12.3 Å². The summed E-state index contributed by atoms with van der Waals surface area (Å²) in [6.45, 7) is 0.174. The highest BCUT2D eigenvalue weighted by Gasteiger charge is 2.35. The Bertz CT molecular complexity index is 982. The summed E-state index contributed by atoms with van der Waals surface area (Å²) in [5.74, 6) is 1.07. The lowest BCUT2D eigenvalue weighted by atomic mass is 10.1. The number of benzene rings is 2. The quantitative estimate of drug-likeness (QED) is 0.785. The molecule has 2 aromatic rings. The monoisotopic (exact) mass is 423 g/mol. The van der Waals surface area contributed by atoms with Gasteiger partial charge in [0.15, 0.2) is 11.5 Å². The second-order valence-electron chi connectivity index (χ2n) is 6.53. The van der Waals surface area contributed by atoms with Crippen molar-refractivity contribution in [2.24, 2.45) is 0 Å². The maximum Gasteiger partial charge on any atom is 0.418 e. The van der Waals surface area contributed by atoms with Crippen LogP contribution in [-0.4, -0.2) is 38.1 Å². The molecular formula is C19H16F3N3O5. The molecule has 2 aliphatic rings. The van der Waals surface area contributed by atoms with Crippen LogP contribution < -0.4 is 25.0 Å². The number of urea groups is 1. The SMILES string of the molecule is O=C(NC[C@H]1CN(c2ccc3c(c2)OCO3)C(=O)O1)Nc1ccccc1C(F)(F)F. The van der Waals surface area contributed by atoms with Crippen LogP contribution in [0.3, 0.4) is 0 Å². The van der Waals surface area contributed by atoms with E-state index in [2.05, 4.69) is 10.6 Å². The number of halogens is 3.